The molecule has 2 aromatic carbocycles. The van der Waals surface area contributed by atoms with Crippen molar-refractivity contribution in [2.24, 2.45) is 5.92 Å². The fraction of sp³-hybridized carbons (Fsp3) is 0.333. The van der Waals surface area contributed by atoms with Gasteiger partial charge in [-0.3, -0.25) is 4.79 Å². The van der Waals surface area contributed by atoms with Crippen molar-refractivity contribution in [3.05, 3.63) is 70.4 Å². The molecule has 0 spiro atoms. The van der Waals surface area contributed by atoms with Crippen molar-refractivity contribution in [3.8, 4) is 5.75 Å². The molecule has 1 aliphatic carbocycles. The van der Waals surface area contributed by atoms with Gasteiger partial charge in [-0.25, -0.2) is 0 Å². The minimum absolute atomic E-state index is 0.237. The van der Waals surface area contributed by atoms with Crippen LogP contribution in [0.15, 0.2) is 54.2 Å². The fourth-order valence-electron chi connectivity index (χ4n) is 3.61. The largest absolute Gasteiger partial charge is 0.543 e. The number of amides is 1. The molecule has 3 rings (SSSR count). The summed E-state index contributed by atoms with van der Waals surface area (Å²) in [5.41, 5.74) is 1.34. The molecular weight excluding hydrogens is 402 g/mol. The average molecular weight is 427 g/mol. The van der Waals surface area contributed by atoms with Crippen LogP contribution in [0, 0.1) is 5.92 Å². The number of halogens is 1. The highest BCUT2D eigenvalue weighted by Crippen LogP contribution is 2.28. The van der Waals surface area contributed by atoms with E-state index in [1.807, 2.05) is 18.2 Å². The van der Waals surface area contributed by atoms with Gasteiger partial charge in [0.15, 0.2) is 0 Å². The number of nitrogens with one attached hydrogen (secondary N) is 1. The zero-order valence-corrected chi connectivity index (χ0v) is 17.5. The number of benzene rings is 2. The van der Waals surface area contributed by atoms with Crippen molar-refractivity contribution in [1.29, 1.82) is 0 Å². The van der Waals surface area contributed by atoms with Crippen molar-refractivity contribution >= 4 is 29.6 Å². The molecule has 0 atom stereocenters. The maximum absolute atomic E-state index is 12.1. The zero-order valence-electron chi connectivity index (χ0n) is 16.7. The summed E-state index contributed by atoms with van der Waals surface area (Å²) < 4.78 is 5.72. The molecule has 1 fully saturated rings. The molecule has 1 amide bonds. The van der Waals surface area contributed by atoms with E-state index in [0.717, 1.165) is 24.8 Å². The van der Waals surface area contributed by atoms with E-state index in [1.165, 1.54) is 18.9 Å². The van der Waals surface area contributed by atoms with Crippen LogP contribution in [0.1, 0.15) is 49.7 Å². The van der Waals surface area contributed by atoms with Crippen molar-refractivity contribution in [1.82, 2.24) is 5.32 Å². The summed E-state index contributed by atoms with van der Waals surface area (Å²) in [5.74, 6) is -0.488. The molecule has 158 valence electrons. The quantitative estimate of drug-likeness (QED) is 0.612. The van der Waals surface area contributed by atoms with Gasteiger partial charge in [0, 0.05) is 11.4 Å². The van der Waals surface area contributed by atoms with Gasteiger partial charge in [-0.2, -0.15) is 0 Å². The molecule has 0 unspecified atom stereocenters. The minimum atomic E-state index is -1.41. The number of hydrogen-bond donors (Lipinski definition) is 1. The number of carboxylic acid groups (broad SMARTS) is 1. The third-order valence-corrected chi connectivity index (χ3v) is 5.47. The van der Waals surface area contributed by atoms with E-state index in [0.29, 0.717) is 35.3 Å². The summed E-state index contributed by atoms with van der Waals surface area (Å²) in [6.07, 6.45) is 7.26. The maximum atomic E-state index is 12.1. The van der Waals surface area contributed by atoms with Gasteiger partial charge in [-0.1, -0.05) is 61.5 Å². The summed E-state index contributed by atoms with van der Waals surface area (Å²) in [7, 11) is 0. The molecule has 2 aromatic rings. The number of carboxylic acids is 1. The molecule has 30 heavy (non-hydrogen) atoms. The van der Waals surface area contributed by atoms with E-state index in [-0.39, 0.29) is 11.6 Å². The van der Waals surface area contributed by atoms with Gasteiger partial charge >= 0.3 is 0 Å². The van der Waals surface area contributed by atoms with Gasteiger partial charge < -0.3 is 20.0 Å². The Labute approximate surface area is 181 Å². The number of aliphatic carboxylic acids is 1. The van der Waals surface area contributed by atoms with E-state index in [1.54, 1.807) is 30.3 Å². The molecular formula is C24H25ClNO4-. The Morgan fingerprint density at radius 2 is 1.87 bits per heavy atom. The van der Waals surface area contributed by atoms with E-state index in [2.05, 4.69) is 5.32 Å². The molecule has 0 bridgehead atoms. The molecule has 0 aromatic heterocycles. The Hall–Kier alpha value is -2.79. The predicted octanol–water partition coefficient (Wildman–Crippen LogP) is 4.10. The third kappa shape index (κ3) is 6.92. The SMILES string of the molecule is O=C(CCC1CCCC1)N/C(=C\c1ccc(OCc2cccc(Cl)c2)cc1)C(=O)[O-]. The van der Waals surface area contributed by atoms with Crippen LogP contribution in [0.3, 0.4) is 0 Å². The Kier molecular flexibility index (Phi) is 7.91. The van der Waals surface area contributed by atoms with Gasteiger partial charge in [-0.15, -0.1) is 0 Å². The van der Waals surface area contributed by atoms with E-state index in [9.17, 15) is 14.7 Å². The molecule has 0 radical (unpaired) electrons. The Morgan fingerprint density at radius 1 is 1.13 bits per heavy atom. The normalized spacial score (nSPS) is 14.5. The van der Waals surface area contributed by atoms with Crippen molar-refractivity contribution in [3.63, 3.8) is 0 Å². The molecule has 1 N–H and O–H groups in total. The lowest BCUT2D eigenvalue weighted by Gasteiger charge is -2.13. The van der Waals surface area contributed by atoms with E-state index in [4.69, 9.17) is 16.3 Å². The molecule has 0 aliphatic heterocycles. The topological polar surface area (TPSA) is 78.5 Å². The first-order valence-electron chi connectivity index (χ1n) is 10.2. The van der Waals surface area contributed by atoms with Crippen LogP contribution in [0.25, 0.3) is 6.08 Å². The van der Waals surface area contributed by atoms with Gasteiger partial charge in [0.1, 0.15) is 12.4 Å². The van der Waals surface area contributed by atoms with Crippen LogP contribution in [0.4, 0.5) is 0 Å². The molecule has 5 nitrogen and oxygen atoms in total. The predicted molar refractivity (Wildman–Crippen MR) is 115 cm³/mol. The first-order chi connectivity index (χ1) is 14.5. The third-order valence-electron chi connectivity index (χ3n) is 5.23. The fourth-order valence-corrected chi connectivity index (χ4v) is 3.83. The molecule has 0 saturated heterocycles. The van der Waals surface area contributed by atoms with Gasteiger partial charge in [-0.05, 0) is 53.8 Å². The lowest BCUT2D eigenvalue weighted by atomic mass is 10.0. The average Bonchev–Trinajstić information content (AvgIpc) is 3.25. The standard InChI is InChI=1S/C24H26ClNO4/c25-20-7-3-6-19(14-20)16-30-21-11-8-18(9-12-21)15-22(24(28)29)26-23(27)13-10-17-4-1-2-5-17/h3,6-9,11-12,14-15,17H,1-2,4-5,10,13,16H2,(H,26,27)(H,28,29)/p-1/b22-15-. The number of carbonyl (C=O) groups excluding carboxylic acids is 2. The van der Waals surface area contributed by atoms with Crippen LogP contribution in [-0.2, 0) is 16.2 Å². The van der Waals surface area contributed by atoms with Crippen LogP contribution in [0.2, 0.25) is 5.02 Å². The highest BCUT2D eigenvalue weighted by Gasteiger charge is 2.16. The smallest absolute Gasteiger partial charge is 0.224 e. The highest BCUT2D eigenvalue weighted by atomic mass is 35.5. The zero-order chi connectivity index (χ0) is 21.3. The Bertz CT molecular complexity index is 902. The number of ether oxygens (including phenoxy) is 1. The summed E-state index contributed by atoms with van der Waals surface area (Å²) in [5, 5.41) is 14.5. The van der Waals surface area contributed by atoms with Crippen molar-refractivity contribution in [2.75, 3.05) is 0 Å². The second-order valence-electron chi connectivity index (χ2n) is 7.57. The second kappa shape index (κ2) is 10.8. The summed E-state index contributed by atoms with van der Waals surface area (Å²) in [6.45, 7) is 0.372. The van der Waals surface area contributed by atoms with Crippen molar-refractivity contribution < 1.29 is 19.4 Å². The van der Waals surface area contributed by atoms with Crippen LogP contribution >= 0.6 is 11.6 Å². The molecule has 1 aliphatic rings. The summed E-state index contributed by atoms with van der Waals surface area (Å²) in [6, 6.07) is 14.3. The first-order valence-corrected chi connectivity index (χ1v) is 10.6. The van der Waals surface area contributed by atoms with Gasteiger partial charge in [0.05, 0.1) is 11.7 Å². The van der Waals surface area contributed by atoms with Crippen LogP contribution in [-0.4, -0.2) is 11.9 Å². The number of rotatable bonds is 9. The second-order valence-corrected chi connectivity index (χ2v) is 8.01. The van der Waals surface area contributed by atoms with Crippen LogP contribution in [0.5, 0.6) is 5.75 Å². The van der Waals surface area contributed by atoms with Crippen LogP contribution < -0.4 is 15.2 Å². The number of carbonyl (C=O) groups is 2. The number of hydrogen-bond acceptors (Lipinski definition) is 4. The van der Waals surface area contributed by atoms with Gasteiger partial charge in [0.25, 0.3) is 0 Å². The van der Waals surface area contributed by atoms with Gasteiger partial charge in [0.2, 0.25) is 5.91 Å². The Balaban J connectivity index is 1.55. The minimum Gasteiger partial charge on any atom is -0.543 e. The van der Waals surface area contributed by atoms with Crippen molar-refractivity contribution in [2.45, 2.75) is 45.1 Å². The molecule has 0 heterocycles. The van der Waals surface area contributed by atoms with E-state index < -0.39 is 5.97 Å². The monoisotopic (exact) mass is 426 g/mol. The molecule has 1 saturated carbocycles. The Morgan fingerprint density at radius 3 is 2.53 bits per heavy atom. The lowest BCUT2D eigenvalue weighted by molar-refractivity contribution is -0.299. The highest BCUT2D eigenvalue weighted by molar-refractivity contribution is 6.30. The summed E-state index contributed by atoms with van der Waals surface area (Å²) >= 11 is 5.96. The van der Waals surface area contributed by atoms with E-state index >= 15 is 0 Å². The first kappa shape index (κ1) is 21.9. The summed E-state index contributed by atoms with van der Waals surface area (Å²) in [4.78, 5) is 23.6. The molecule has 6 heteroatoms. The maximum Gasteiger partial charge on any atom is 0.224 e. The lowest BCUT2D eigenvalue weighted by Crippen LogP contribution is -2.35.